The summed E-state index contributed by atoms with van der Waals surface area (Å²) in [7, 11) is 0. The van der Waals surface area contributed by atoms with Crippen molar-refractivity contribution in [1.29, 1.82) is 0 Å². The van der Waals surface area contributed by atoms with E-state index in [1.54, 1.807) is 4.90 Å². The minimum Gasteiger partial charge on any atom is -0.352 e. The second-order valence-electron chi connectivity index (χ2n) is 9.73. The van der Waals surface area contributed by atoms with E-state index in [-0.39, 0.29) is 18.4 Å². The molecule has 36 heavy (non-hydrogen) atoms. The maximum atomic E-state index is 13.3. The van der Waals surface area contributed by atoms with Crippen LogP contribution < -0.4 is 4.90 Å². The zero-order chi connectivity index (χ0) is 25.5. The summed E-state index contributed by atoms with van der Waals surface area (Å²) in [6.07, 6.45) is 0.857. The largest absolute Gasteiger partial charge is 0.352 e. The standard InChI is InChI=1S/C29H35N5O2/c1-22(2)15-16-34(29(36)25-12-8-7-9-23(25)3)21-28(35)33-19-17-32(18-20-33)27-14-13-26(30-31-27)24-10-5-4-6-11-24/h4-14,22H,15-21H2,1-3H3. The van der Waals surface area contributed by atoms with Crippen LogP contribution in [0.5, 0.6) is 0 Å². The van der Waals surface area contributed by atoms with Gasteiger partial charge in [-0.25, -0.2) is 0 Å². The van der Waals surface area contributed by atoms with Crippen LogP contribution in [0.3, 0.4) is 0 Å². The highest BCUT2D eigenvalue weighted by Crippen LogP contribution is 2.19. The molecule has 0 unspecified atom stereocenters. The van der Waals surface area contributed by atoms with Gasteiger partial charge in [-0.2, -0.15) is 0 Å². The van der Waals surface area contributed by atoms with Crippen molar-refractivity contribution in [2.45, 2.75) is 27.2 Å². The van der Waals surface area contributed by atoms with Crippen molar-refractivity contribution in [2.75, 3.05) is 44.2 Å². The Labute approximate surface area is 213 Å². The molecule has 0 bridgehead atoms. The average Bonchev–Trinajstić information content (AvgIpc) is 2.91. The Morgan fingerprint density at radius 1 is 0.889 bits per heavy atom. The van der Waals surface area contributed by atoms with Gasteiger partial charge in [0, 0.05) is 43.9 Å². The smallest absolute Gasteiger partial charge is 0.254 e. The number of rotatable bonds is 8. The third-order valence-corrected chi connectivity index (χ3v) is 6.64. The van der Waals surface area contributed by atoms with E-state index in [2.05, 4.69) is 28.9 Å². The van der Waals surface area contributed by atoms with Gasteiger partial charge < -0.3 is 14.7 Å². The van der Waals surface area contributed by atoms with E-state index in [4.69, 9.17) is 0 Å². The summed E-state index contributed by atoms with van der Waals surface area (Å²) in [5.41, 5.74) is 3.47. The summed E-state index contributed by atoms with van der Waals surface area (Å²) >= 11 is 0. The summed E-state index contributed by atoms with van der Waals surface area (Å²) in [5.74, 6) is 1.18. The van der Waals surface area contributed by atoms with Gasteiger partial charge in [0.1, 0.15) is 6.54 Å². The molecular weight excluding hydrogens is 450 g/mol. The van der Waals surface area contributed by atoms with Crippen LogP contribution >= 0.6 is 0 Å². The number of hydrogen-bond acceptors (Lipinski definition) is 5. The molecule has 1 aromatic heterocycles. The molecule has 4 rings (SSSR count). The highest BCUT2D eigenvalue weighted by molar-refractivity contribution is 5.97. The van der Waals surface area contributed by atoms with Gasteiger partial charge >= 0.3 is 0 Å². The van der Waals surface area contributed by atoms with E-state index in [1.807, 2.05) is 78.6 Å². The van der Waals surface area contributed by atoms with E-state index in [1.165, 1.54) is 0 Å². The first-order valence-corrected chi connectivity index (χ1v) is 12.7. The highest BCUT2D eigenvalue weighted by atomic mass is 16.2. The first kappa shape index (κ1) is 25.4. The average molecular weight is 486 g/mol. The molecule has 1 aliphatic heterocycles. The lowest BCUT2D eigenvalue weighted by atomic mass is 10.1. The quantitative estimate of drug-likeness (QED) is 0.476. The molecule has 3 aromatic rings. The Bertz CT molecular complexity index is 1160. The number of carbonyl (C=O) groups is 2. The number of nitrogens with zero attached hydrogens (tertiary/aromatic N) is 5. The molecule has 1 aliphatic rings. The fraction of sp³-hybridized carbons (Fsp3) is 0.379. The van der Waals surface area contributed by atoms with Crippen molar-refractivity contribution in [1.82, 2.24) is 20.0 Å². The fourth-order valence-electron chi connectivity index (χ4n) is 4.35. The predicted octanol–water partition coefficient (Wildman–Crippen LogP) is 4.29. The second-order valence-corrected chi connectivity index (χ2v) is 9.73. The van der Waals surface area contributed by atoms with Crippen LogP contribution in [0.2, 0.25) is 0 Å². The SMILES string of the molecule is Cc1ccccc1C(=O)N(CCC(C)C)CC(=O)N1CCN(c2ccc(-c3ccccc3)nn2)CC1. The van der Waals surface area contributed by atoms with Crippen LogP contribution in [-0.4, -0.2) is 71.1 Å². The summed E-state index contributed by atoms with van der Waals surface area (Å²) in [5, 5.41) is 8.81. The zero-order valence-electron chi connectivity index (χ0n) is 21.4. The molecule has 1 fully saturated rings. The van der Waals surface area contributed by atoms with E-state index >= 15 is 0 Å². The van der Waals surface area contributed by atoms with Crippen molar-refractivity contribution >= 4 is 17.6 Å². The van der Waals surface area contributed by atoms with Crippen molar-refractivity contribution in [3.05, 3.63) is 77.9 Å². The van der Waals surface area contributed by atoms with Gasteiger partial charge in [0.25, 0.3) is 5.91 Å². The Balaban J connectivity index is 1.36. The topological polar surface area (TPSA) is 69.6 Å². The Morgan fingerprint density at radius 3 is 2.22 bits per heavy atom. The number of aryl methyl sites for hydroxylation is 1. The van der Waals surface area contributed by atoms with Crippen LogP contribution in [0.25, 0.3) is 11.3 Å². The van der Waals surface area contributed by atoms with E-state index in [0.717, 1.165) is 29.1 Å². The van der Waals surface area contributed by atoms with Crippen LogP contribution in [0, 0.1) is 12.8 Å². The van der Waals surface area contributed by atoms with Gasteiger partial charge in [0.05, 0.1) is 5.69 Å². The van der Waals surface area contributed by atoms with E-state index in [0.29, 0.717) is 44.2 Å². The molecule has 1 saturated heterocycles. The molecule has 0 spiro atoms. The molecule has 0 radical (unpaired) electrons. The van der Waals surface area contributed by atoms with Gasteiger partial charge in [-0.3, -0.25) is 9.59 Å². The maximum Gasteiger partial charge on any atom is 0.254 e. The van der Waals surface area contributed by atoms with Crippen LogP contribution in [0.4, 0.5) is 5.82 Å². The molecule has 0 atom stereocenters. The predicted molar refractivity (Wildman–Crippen MR) is 143 cm³/mol. The minimum absolute atomic E-state index is 0.00847. The lowest BCUT2D eigenvalue weighted by Gasteiger charge is -2.36. The van der Waals surface area contributed by atoms with Crippen molar-refractivity contribution in [3.8, 4) is 11.3 Å². The third kappa shape index (κ3) is 6.27. The molecule has 7 nitrogen and oxygen atoms in total. The summed E-state index contributed by atoms with van der Waals surface area (Å²) in [4.78, 5) is 32.2. The maximum absolute atomic E-state index is 13.3. The van der Waals surface area contributed by atoms with Gasteiger partial charge in [-0.15, -0.1) is 10.2 Å². The first-order chi connectivity index (χ1) is 17.4. The molecule has 188 valence electrons. The molecular formula is C29H35N5O2. The van der Waals surface area contributed by atoms with Crippen LogP contribution in [0.1, 0.15) is 36.2 Å². The summed E-state index contributed by atoms with van der Waals surface area (Å²) < 4.78 is 0. The number of hydrogen-bond donors (Lipinski definition) is 0. The molecule has 2 heterocycles. The van der Waals surface area contributed by atoms with E-state index < -0.39 is 0 Å². The number of anilines is 1. The molecule has 2 amide bonds. The number of aromatic nitrogens is 2. The lowest BCUT2D eigenvalue weighted by Crippen LogP contribution is -2.52. The van der Waals surface area contributed by atoms with Crippen molar-refractivity contribution in [2.24, 2.45) is 5.92 Å². The third-order valence-electron chi connectivity index (χ3n) is 6.64. The lowest BCUT2D eigenvalue weighted by molar-refractivity contribution is -0.132. The number of benzene rings is 2. The normalized spacial score (nSPS) is 13.7. The fourth-order valence-corrected chi connectivity index (χ4v) is 4.35. The van der Waals surface area contributed by atoms with Gasteiger partial charge in [-0.1, -0.05) is 62.4 Å². The Morgan fingerprint density at radius 2 is 1.58 bits per heavy atom. The highest BCUT2D eigenvalue weighted by Gasteiger charge is 2.26. The first-order valence-electron chi connectivity index (χ1n) is 12.7. The summed E-state index contributed by atoms with van der Waals surface area (Å²) in [6, 6.07) is 21.5. The molecule has 0 saturated carbocycles. The van der Waals surface area contributed by atoms with Crippen molar-refractivity contribution in [3.63, 3.8) is 0 Å². The summed E-state index contributed by atoms with van der Waals surface area (Å²) in [6.45, 7) is 9.43. The van der Waals surface area contributed by atoms with Gasteiger partial charge in [0.2, 0.25) is 5.91 Å². The molecule has 2 aromatic carbocycles. The number of carbonyl (C=O) groups excluding carboxylic acids is 2. The number of piperazine rings is 1. The van der Waals surface area contributed by atoms with E-state index in [9.17, 15) is 9.59 Å². The molecule has 0 N–H and O–H groups in total. The zero-order valence-corrected chi connectivity index (χ0v) is 21.4. The van der Waals surface area contributed by atoms with Gasteiger partial charge in [0.15, 0.2) is 5.82 Å². The monoisotopic (exact) mass is 485 g/mol. The second kappa shape index (κ2) is 11.8. The number of amides is 2. The van der Waals surface area contributed by atoms with Crippen LogP contribution in [0.15, 0.2) is 66.7 Å². The Hall–Kier alpha value is -3.74. The molecule has 0 aliphatic carbocycles. The van der Waals surface area contributed by atoms with Gasteiger partial charge in [-0.05, 0) is 43.0 Å². The molecule has 7 heteroatoms. The van der Waals surface area contributed by atoms with Crippen LogP contribution in [-0.2, 0) is 4.79 Å². The van der Waals surface area contributed by atoms with Crippen molar-refractivity contribution < 1.29 is 9.59 Å². The Kier molecular flexibility index (Phi) is 8.31. The minimum atomic E-state index is -0.0745.